The van der Waals surface area contributed by atoms with Crippen LogP contribution < -0.4 is 4.74 Å². The molecule has 0 fully saturated rings. The van der Waals surface area contributed by atoms with Gasteiger partial charge in [0.15, 0.2) is 0 Å². The molecule has 1 aliphatic heterocycles. The molecular weight excluding hydrogens is 336 g/mol. The Bertz CT molecular complexity index is 932. The number of aromatic amines is 1. The first-order valence-corrected chi connectivity index (χ1v) is 9.05. The van der Waals surface area contributed by atoms with E-state index in [1.54, 1.807) is 6.20 Å². The Hall–Kier alpha value is -2.85. The number of nitrogens with one attached hydrogen (secondary N) is 1. The standard InChI is InChI=1S/C23H26N2O2/c1-15(2)20-9-7-17(4)21-12-19(8-6-16(21)3)22-13-24-25-23(22)27-11-10-26-14-18(20)5/h6-9,12-13H,1,4,10-11,14H2,2-3,5H3,(H,24,25)/b9-7+,20-18+. The number of rotatable bonds is 1. The molecule has 1 N–H and O–H groups in total. The van der Waals surface area contributed by atoms with Crippen LogP contribution >= 0.6 is 0 Å². The van der Waals surface area contributed by atoms with Crippen LogP contribution in [-0.4, -0.2) is 30.0 Å². The average molecular weight is 362 g/mol. The quantitative estimate of drug-likeness (QED) is 0.753. The van der Waals surface area contributed by atoms with Gasteiger partial charge in [0.05, 0.1) is 25.0 Å². The highest BCUT2D eigenvalue weighted by molar-refractivity contribution is 5.80. The smallest absolute Gasteiger partial charge is 0.217 e. The molecule has 0 radical (unpaired) electrons. The molecule has 0 atom stereocenters. The van der Waals surface area contributed by atoms with Crippen molar-refractivity contribution in [2.75, 3.05) is 19.8 Å². The number of nitrogens with zero attached hydrogens (tertiary/aromatic N) is 1. The fourth-order valence-corrected chi connectivity index (χ4v) is 3.15. The molecule has 0 amide bonds. The minimum absolute atomic E-state index is 0.451. The highest BCUT2D eigenvalue weighted by Crippen LogP contribution is 2.32. The lowest BCUT2D eigenvalue weighted by Crippen LogP contribution is -2.09. The largest absolute Gasteiger partial charge is 0.475 e. The SMILES string of the molecule is C=C(C)C1=C(\C)COCCOc2[nH]ncc2-c2ccc(C)c(c2)C(=C)\C=C\1. The third-order valence-electron chi connectivity index (χ3n) is 4.66. The number of allylic oxidation sites excluding steroid dienone is 5. The molecule has 0 saturated heterocycles. The summed E-state index contributed by atoms with van der Waals surface area (Å²) in [6, 6.07) is 6.31. The molecule has 1 aliphatic rings. The van der Waals surface area contributed by atoms with Crippen molar-refractivity contribution in [3.8, 4) is 17.0 Å². The van der Waals surface area contributed by atoms with Crippen LogP contribution in [0, 0.1) is 6.92 Å². The Balaban J connectivity index is 2.07. The van der Waals surface area contributed by atoms with Crippen molar-refractivity contribution in [3.63, 3.8) is 0 Å². The van der Waals surface area contributed by atoms with Gasteiger partial charge in [-0.2, -0.15) is 5.10 Å². The van der Waals surface area contributed by atoms with Gasteiger partial charge in [-0.25, -0.2) is 5.10 Å². The minimum atomic E-state index is 0.451. The van der Waals surface area contributed by atoms with E-state index >= 15 is 0 Å². The predicted molar refractivity (Wildman–Crippen MR) is 111 cm³/mol. The highest BCUT2D eigenvalue weighted by atomic mass is 16.5. The second-order valence-corrected chi connectivity index (χ2v) is 6.88. The molecule has 1 aromatic carbocycles. The summed E-state index contributed by atoms with van der Waals surface area (Å²) in [4.78, 5) is 0. The minimum Gasteiger partial charge on any atom is -0.475 e. The lowest BCUT2D eigenvalue weighted by molar-refractivity contribution is 0.114. The van der Waals surface area contributed by atoms with Crippen molar-refractivity contribution in [1.29, 1.82) is 0 Å². The lowest BCUT2D eigenvalue weighted by Gasteiger charge is -2.10. The lowest BCUT2D eigenvalue weighted by atomic mass is 9.95. The normalized spacial score (nSPS) is 19.4. The molecule has 2 aromatic rings. The maximum atomic E-state index is 5.85. The van der Waals surface area contributed by atoms with E-state index in [0.717, 1.165) is 39.0 Å². The topological polar surface area (TPSA) is 47.1 Å². The molecule has 0 unspecified atom stereocenters. The summed E-state index contributed by atoms with van der Waals surface area (Å²) < 4.78 is 11.6. The summed E-state index contributed by atoms with van der Waals surface area (Å²) in [5, 5.41) is 7.07. The molecule has 0 saturated carbocycles. The molecular formula is C23H26N2O2. The predicted octanol–water partition coefficient (Wildman–Crippen LogP) is 5.26. The number of hydrogen-bond donors (Lipinski definition) is 1. The molecule has 0 aliphatic carbocycles. The van der Waals surface area contributed by atoms with Gasteiger partial charge in [-0.15, -0.1) is 0 Å². The number of fused-ring (bicyclic) bond motifs is 4. The van der Waals surface area contributed by atoms with Crippen molar-refractivity contribution in [2.45, 2.75) is 20.8 Å². The van der Waals surface area contributed by atoms with E-state index in [9.17, 15) is 0 Å². The first-order valence-electron chi connectivity index (χ1n) is 9.05. The molecule has 4 nitrogen and oxygen atoms in total. The second-order valence-electron chi connectivity index (χ2n) is 6.88. The van der Waals surface area contributed by atoms with Gasteiger partial charge in [-0.1, -0.05) is 43.0 Å². The van der Waals surface area contributed by atoms with Crippen molar-refractivity contribution in [1.82, 2.24) is 10.2 Å². The van der Waals surface area contributed by atoms with Gasteiger partial charge in [0.25, 0.3) is 0 Å². The summed E-state index contributed by atoms with van der Waals surface area (Å²) in [5.74, 6) is 0.652. The van der Waals surface area contributed by atoms with Crippen LogP contribution in [0.4, 0.5) is 0 Å². The van der Waals surface area contributed by atoms with E-state index in [-0.39, 0.29) is 0 Å². The Labute approximate surface area is 160 Å². The van der Waals surface area contributed by atoms with Crippen LogP contribution in [0.2, 0.25) is 0 Å². The first kappa shape index (κ1) is 18.9. The third-order valence-corrected chi connectivity index (χ3v) is 4.66. The van der Waals surface area contributed by atoms with Crippen LogP contribution in [0.3, 0.4) is 0 Å². The number of hydrogen-bond acceptors (Lipinski definition) is 3. The summed E-state index contributed by atoms with van der Waals surface area (Å²) >= 11 is 0. The Morgan fingerprint density at radius 2 is 1.96 bits per heavy atom. The molecule has 2 heterocycles. The monoisotopic (exact) mass is 362 g/mol. The van der Waals surface area contributed by atoms with Crippen LogP contribution in [0.1, 0.15) is 25.0 Å². The van der Waals surface area contributed by atoms with Crippen molar-refractivity contribution in [3.05, 3.63) is 77.6 Å². The van der Waals surface area contributed by atoms with Crippen molar-refractivity contribution in [2.24, 2.45) is 0 Å². The maximum Gasteiger partial charge on any atom is 0.217 e. The van der Waals surface area contributed by atoms with Crippen molar-refractivity contribution >= 4 is 5.57 Å². The number of ether oxygens (including phenoxy) is 2. The number of H-pyrrole nitrogens is 1. The molecule has 0 spiro atoms. The molecule has 27 heavy (non-hydrogen) atoms. The van der Waals surface area contributed by atoms with Gasteiger partial charge in [0.1, 0.15) is 6.61 Å². The van der Waals surface area contributed by atoms with Gasteiger partial charge in [-0.05, 0) is 60.2 Å². The number of aromatic nitrogens is 2. The number of benzene rings is 1. The third kappa shape index (κ3) is 4.29. The Kier molecular flexibility index (Phi) is 5.77. The van der Waals surface area contributed by atoms with Gasteiger partial charge in [0, 0.05) is 0 Å². The fraction of sp³-hybridized carbons (Fsp3) is 0.261. The molecule has 2 bridgehead atoms. The zero-order valence-corrected chi connectivity index (χ0v) is 16.3. The van der Waals surface area contributed by atoms with E-state index in [0.29, 0.717) is 25.7 Å². The zero-order chi connectivity index (χ0) is 19.4. The zero-order valence-electron chi connectivity index (χ0n) is 16.3. The Morgan fingerprint density at radius 1 is 1.15 bits per heavy atom. The molecule has 1 aromatic heterocycles. The van der Waals surface area contributed by atoms with Gasteiger partial charge < -0.3 is 9.47 Å². The van der Waals surface area contributed by atoms with E-state index < -0.39 is 0 Å². The summed E-state index contributed by atoms with van der Waals surface area (Å²) in [5.41, 5.74) is 8.42. The fourth-order valence-electron chi connectivity index (χ4n) is 3.15. The number of aryl methyl sites for hydroxylation is 1. The molecule has 3 rings (SSSR count). The molecule has 140 valence electrons. The van der Waals surface area contributed by atoms with Crippen molar-refractivity contribution < 1.29 is 9.47 Å². The molecule has 4 heteroatoms. The summed E-state index contributed by atoms with van der Waals surface area (Å²) in [6.07, 6.45) is 5.91. The van der Waals surface area contributed by atoms with Gasteiger partial charge in [0.2, 0.25) is 5.88 Å². The highest BCUT2D eigenvalue weighted by Gasteiger charge is 2.12. The van der Waals surface area contributed by atoms with Gasteiger partial charge in [-0.3, -0.25) is 0 Å². The van der Waals surface area contributed by atoms with Crippen LogP contribution in [0.5, 0.6) is 5.88 Å². The average Bonchev–Trinajstić information content (AvgIpc) is 3.09. The van der Waals surface area contributed by atoms with Crippen LogP contribution in [0.15, 0.2) is 66.4 Å². The van der Waals surface area contributed by atoms with Gasteiger partial charge >= 0.3 is 0 Å². The maximum absolute atomic E-state index is 5.85. The summed E-state index contributed by atoms with van der Waals surface area (Å²) in [6.45, 7) is 16.0. The van der Waals surface area contributed by atoms with E-state index in [1.165, 1.54) is 5.56 Å². The first-order chi connectivity index (χ1) is 13.0. The van der Waals surface area contributed by atoms with E-state index in [1.807, 2.05) is 13.0 Å². The van der Waals surface area contributed by atoms with Crippen LogP contribution in [-0.2, 0) is 4.74 Å². The Morgan fingerprint density at radius 3 is 2.74 bits per heavy atom. The summed E-state index contributed by atoms with van der Waals surface area (Å²) in [7, 11) is 0. The van der Waals surface area contributed by atoms with E-state index in [2.05, 4.69) is 61.5 Å². The van der Waals surface area contributed by atoms with Crippen LogP contribution in [0.25, 0.3) is 16.7 Å². The second kappa shape index (κ2) is 8.23. The van der Waals surface area contributed by atoms with E-state index in [4.69, 9.17) is 9.47 Å².